The van der Waals surface area contributed by atoms with Crippen LogP contribution in [0.1, 0.15) is 31.2 Å². The number of rotatable bonds is 17. The van der Waals surface area contributed by atoms with E-state index in [1.165, 1.54) is 36.0 Å². The summed E-state index contributed by atoms with van der Waals surface area (Å²) in [7, 11) is 0. The van der Waals surface area contributed by atoms with Gasteiger partial charge >= 0.3 is 11.9 Å². The van der Waals surface area contributed by atoms with Crippen LogP contribution in [0.15, 0.2) is 24.3 Å². The molecule has 0 aliphatic rings. The molecule has 4 atom stereocenters. The standard InChI is InChI=1S/C23H33N5O9S/c1-38-9-8-15(26-20(33)14(24)6-7-18(25)30)21(34)27-16(10-12-2-4-13(29)5-3-12)22(35)28-17(23(36)37)11-19(31)32/h2-5,14-17,29H,6-11,24H2,1H3,(H2,25,30)(H,26,33)(H,27,34)(H,28,35)(H,31,32)(H,36,37). The topological polar surface area (TPSA) is 251 Å². The van der Waals surface area contributed by atoms with Crippen LogP contribution >= 0.6 is 11.8 Å². The molecule has 0 bridgehead atoms. The fraction of sp³-hybridized carbons (Fsp3) is 0.478. The number of carboxylic acids is 2. The minimum absolute atomic E-state index is 0.0376. The second-order valence-corrected chi connectivity index (χ2v) is 9.37. The van der Waals surface area contributed by atoms with Crippen molar-refractivity contribution in [2.75, 3.05) is 12.0 Å². The Morgan fingerprint density at radius 3 is 1.95 bits per heavy atom. The highest BCUT2D eigenvalue weighted by atomic mass is 32.2. The molecule has 0 aliphatic carbocycles. The molecule has 0 saturated carbocycles. The number of hydrogen-bond donors (Lipinski definition) is 8. The van der Waals surface area contributed by atoms with E-state index >= 15 is 0 Å². The van der Waals surface area contributed by atoms with Gasteiger partial charge in [-0.1, -0.05) is 12.1 Å². The van der Waals surface area contributed by atoms with Gasteiger partial charge in [0.1, 0.15) is 23.9 Å². The Morgan fingerprint density at radius 2 is 1.42 bits per heavy atom. The molecule has 0 saturated heterocycles. The van der Waals surface area contributed by atoms with E-state index in [1.54, 1.807) is 6.26 Å². The summed E-state index contributed by atoms with van der Waals surface area (Å²) in [5.74, 6) is -5.71. The van der Waals surface area contributed by atoms with Crippen LogP contribution in [-0.4, -0.2) is 87.1 Å². The summed E-state index contributed by atoms with van der Waals surface area (Å²) in [5, 5.41) is 34.9. The first-order chi connectivity index (χ1) is 17.8. The maximum atomic E-state index is 13.1. The molecule has 4 unspecified atom stereocenters. The number of carboxylic acid groups (broad SMARTS) is 2. The quantitative estimate of drug-likeness (QED) is 0.107. The number of benzene rings is 1. The van der Waals surface area contributed by atoms with Crippen LogP contribution in [0, 0.1) is 0 Å². The molecule has 14 nitrogen and oxygen atoms in total. The number of phenolic OH excluding ortho intramolecular Hbond substituents is 1. The Balaban J connectivity index is 3.13. The van der Waals surface area contributed by atoms with Crippen molar-refractivity contribution in [3.63, 3.8) is 0 Å². The molecule has 0 spiro atoms. The van der Waals surface area contributed by atoms with E-state index in [0.29, 0.717) is 11.3 Å². The van der Waals surface area contributed by atoms with Gasteiger partial charge in [0.2, 0.25) is 23.6 Å². The monoisotopic (exact) mass is 555 g/mol. The number of carbonyl (C=O) groups is 6. The minimum Gasteiger partial charge on any atom is -0.508 e. The van der Waals surface area contributed by atoms with Gasteiger partial charge in [-0.2, -0.15) is 11.8 Å². The molecule has 0 heterocycles. The molecule has 0 fully saturated rings. The molecular weight excluding hydrogens is 522 g/mol. The normalized spacial score (nSPS) is 13.8. The van der Waals surface area contributed by atoms with Crippen molar-refractivity contribution in [2.24, 2.45) is 11.5 Å². The molecular formula is C23H33N5O9S. The highest BCUT2D eigenvalue weighted by molar-refractivity contribution is 7.98. The second kappa shape index (κ2) is 16.1. The van der Waals surface area contributed by atoms with Crippen LogP contribution in [-0.2, 0) is 35.2 Å². The zero-order valence-electron chi connectivity index (χ0n) is 20.7. The van der Waals surface area contributed by atoms with Gasteiger partial charge in [0, 0.05) is 12.8 Å². The lowest BCUT2D eigenvalue weighted by Gasteiger charge is -2.25. The number of amides is 4. The zero-order chi connectivity index (χ0) is 28.8. The van der Waals surface area contributed by atoms with Gasteiger partial charge in [-0.25, -0.2) is 4.79 Å². The average Bonchev–Trinajstić information content (AvgIpc) is 2.84. The summed E-state index contributed by atoms with van der Waals surface area (Å²) in [6, 6.07) is 0.317. The van der Waals surface area contributed by atoms with Gasteiger partial charge in [0.25, 0.3) is 0 Å². The number of primary amides is 1. The van der Waals surface area contributed by atoms with Crippen LogP contribution in [0.4, 0.5) is 0 Å². The average molecular weight is 556 g/mol. The Labute approximate surface area is 222 Å². The number of aliphatic carboxylic acids is 2. The lowest BCUT2D eigenvalue weighted by atomic mass is 10.0. The predicted molar refractivity (Wildman–Crippen MR) is 137 cm³/mol. The molecule has 0 aliphatic heterocycles. The lowest BCUT2D eigenvalue weighted by Crippen LogP contribution is -2.58. The highest BCUT2D eigenvalue weighted by Crippen LogP contribution is 2.12. The van der Waals surface area contributed by atoms with E-state index in [4.69, 9.17) is 16.6 Å². The highest BCUT2D eigenvalue weighted by Gasteiger charge is 2.31. The van der Waals surface area contributed by atoms with Crippen LogP contribution in [0.25, 0.3) is 0 Å². The largest absolute Gasteiger partial charge is 0.508 e. The molecule has 0 radical (unpaired) electrons. The maximum Gasteiger partial charge on any atom is 0.326 e. The predicted octanol–water partition coefficient (Wildman–Crippen LogP) is -1.71. The van der Waals surface area contributed by atoms with Gasteiger partial charge in [-0.3, -0.25) is 24.0 Å². The fourth-order valence-electron chi connectivity index (χ4n) is 3.21. The first-order valence-electron chi connectivity index (χ1n) is 11.5. The third kappa shape index (κ3) is 11.9. The molecule has 210 valence electrons. The molecule has 1 rings (SSSR count). The number of nitrogens with one attached hydrogen (secondary N) is 3. The van der Waals surface area contributed by atoms with Crippen LogP contribution in [0.3, 0.4) is 0 Å². The van der Waals surface area contributed by atoms with E-state index in [9.17, 15) is 39.0 Å². The van der Waals surface area contributed by atoms with Gasteiger partial charge in [-0.15, -0.1) is 0 Å². The van der Waals surface area contributed by atoms with E-state index in [2.05, 4.69) is 16.0 Å². The van der Waals surface area contributed by atoms with Crippen molar-refractivity contribution in [2.45, 2.75) is 56.3 Å². The van der Waals surface area contributed by atoms with Crippen molar-refractivity contribution in [1.29, 1.82) is 0 Å². The summed E-state index contributed by atoms with van der Waals surface area (Å²) in [6.07, 6.45) is 0.738. The molecule has 10 N–H and O–H groups in total. The maximum absolute atomic E-state index is 13.1. The van der Waals surface area contributed by atoms with E-state index in [1.807, 2.05) is 0 Å². The summed E-state index contributed by atoms with van der Waals surface area (Å²) < 4.78 is 0. The van der Waals surface area contributed by atoms with E-state index in [-0.39, 0.29) is 31.4 Å². The summed E-state index contributed by atoms with van der Waals surface area (Å²) in [6.45, 7) is 0. The van der Waals surface area contributed by atoms with Crippen molar-refractivity contribution in [3.05, 3.63) is 29.8 Å². The molecule has 1 aromatic rings. The Kier molecular flexibility index (Phi) is 13.6. The summed E-state index contributed by atoms with van der Waals surface area (Å²) >= 11 is 1.40. The molecule has 1 aromatic carbocycles. The van der Waals surface area contributed by atoms with Crippen LogP contribution < -0.4 is 27.4 Å². The third-order valence-corrected chi connectivity index (χ3v) is 5.93. The summed E-state index contributed by atoms with van der Waals surface area (Å²) in [5.41, 5.74) is 11.4. The third-order valence-electron chi connectivity index (χ3n) is 5.28. The second-order valence-electron chi connectivity index (χ2n) is 8.38. The Bertz CT molecular complexity index is 1010. The zero-order valence-corrected chi connectivity index (χ0v) is 21.5. The lowest BCUT2D eigenvalue weighted by molar-refractivity contribution is -0.147. The van der Waals surface area contributed by atoms with Crippen molar-refractivity contribution in [1.82, 2.24) is 16.0 Å². The summed E-state index contributed by atoms with van der Waals surface area (Å²) in [4.78, 5) is 72.0. The molecule has 15 heteroatoms. The Hall–Kier alpha value is -3.85. The van der Waals surface area contributed by atoms with Crippen LogP contribution in [0.5, 0.6) is 5.75 Å². The smallest absolute Gasteiger partial charge is 0.326 e. The van der Waals surface area contributed by atoms with Crippen molar-refractivity contribution >= 4 is 47.3 Å². The van der Waals surface area contributed by atoms with Gasteiger partial charge in [0.15, 0.2) is 0 Å². The van der Waals surface area contributed by atoms with Crippen molar-refractivity contribution in [3.8, 4) is 5.75 Å². The number of hydrogen-bond acceptors (Lipinski definition) is 9. The molecule has 38 heavy (non-hydrogen) atoms. The SMILES string of the molecule is CSCCC(NC(=O)C(N)CCC(N)=O)C(=O)NC(Cc1ccc(O)cc1)C(=O)NC(CC(=O)O)C(=O)O. The fourth-order valence-corrected chi connectivity index (χ4v) is 3.68. The van der Waals surface area contributed by atoms with Gasteiger partial charge in [-0.05, 0) is 42.5 Å². The first-order valence-corrected chi connectivity index (χ1v) is 12.9. The number of phenols is 1. The molecule has 4 amide bonds. The Morgan fingerprint density at radius 1 is 0.868 bits per heavy atom. The van der Waals surface area contributed by atoms with Crippen LogP contribution in [0.2, 0.25) is 0 Å². The number of aromatic hydroxyl groups is 1. The van der Waals surface area contributed by atoms with Gasteiger partial charge in [0.05, 0.1) is 12.5 Å². The van der Waals surface area contributed by atoms with E-state index < -0.39 is 66.2 Å². The minimum atomic E-state index is -1.76. The number of thioether (sulfide) groups is 1. The number of carbonyl (C=O) groups excluding carboxylic acids is 4. The molecule has 0 aromatic heterocycles. The number of nitrogens with two attached hydrogens (primary N) is 2. The first kappa shape index (κ1) is 32.2. The van der Waals surface area contributed by atoms with Crippen molar-refractivity contribution < 1.29 is 44.1 Å². The van der Waals surface area contributed by atoms with E-state index in [0.717, 1.165) is 0 Å². The van der Waals surface area contributed by atoms with Gasteiger partial charge < -0.3 is 42.7 Å².